The Bertz CT molecular complexity index is 1870. The lowest BCUT2D eigenvalue weighted by atomic mass is 9.99. The van der Waals surface area contributed by atoms with Crippen LogP contribution < -0.4 is 0 Å². The van der Waals surface area contributed by atoms with Gasteiger partial charge in [0, 0.05) is 25.7 Å². The van der Waals surface area contributed by atoms with Gasteiger partial charge in [-0.05, 0) is 43.4 Å². The maximum absolute atomic E-state index is 13.1. The van der Waals surface area contributed by atoms with Gasteiger partial charge < -0.3 is 33.8 Å². The van der Waals surface area contributed by atoms with Gasteiger partial charge in [0.2, 0.25) is 0 Å². The highest BCUT2D eigenvalue weighted by atomic mass is 31.2. The number of rotatable bonds is 75. The minimum Gasteiger partial charge on any atom is -0.462 e. The molecule has 0 saturated carbocycles. The Morgan fingerprint density at radius 3 is 0.792 bits per heavy atom. The van der Waals surface area contributed by atoms with Gasteiger partial charge in [-0.3, -0.25) is 37.3 Å². The van der Waals surface area contributed by atoms with E-state index in [2.05, 4.69) is 48.5 Å². The lowest BCUT2D eigenvalue weighted by molar-refractivity contribution is -0.161. The molecule has 96 heavy (non-hydrogen) atoms. The largest absolute Gasteiger partial charge is 0.472 e. The zero-order chi connectivity index (χ0) is 70.9. The normalized spacial score (nSPS) is 14.6. The maximum atomic E-state index is 13.1. The van der Waals surface area contributed by atoms with E-state index in [0.29, 0.717) is 25.7 Å². The quantitative estimate of drug-likeness (QED) is 0.0222. The monoisotopic (exact) mass is 1410 g/mol. The molecule has 19 heteroatoms. The first-order valence-electron chi connectivity index (χ1n) is 39.9. The van der Waals surface area contributed by atoms with Crippen LogP contribution in [0.3, 0.4) is 0 Å². The summed E-state index contributed by atoms with van der Waals surface area (Å²) in [5, 5.41) is 10.6. The minimum absolute atomic E-state index is 0.103. The van der Waals surface area contributed by atoms with Crippen LogP contribution in [0.25, 0.3) is 0 Å². The van der Waals surface area contributed by atoms with Crippen LogP contribution in [0.15, 0.2) is 0 Å². The van der Waals surface area contributed by atoms with Crippen LogP contribution in [-0.4, -0.2) is 96.7 Å². The number of esters is 4. The van der Waals surface area contributed by atoms with Crippen molar-refractivity contribution in [3.8, 4) is 0 Å². The molecule has 0 saturated heterocycles. The van der Waals surface area contributed by atoms with Crippen molar-refractivity contribution in [3.05, 3.63) is 0 Å². The van der Waals surface area contributed by atoms with Crippen molar-refractivity contribution in [1.82, 2.24) is 0 Å². The van der Waals surface area contributed by atoms with Gasteiger partial charge in [-0.2, -0.15) is 0 Å². The molecule has 4 unspecified atom stereocenters. The summed E-state index contributed by atoms with van der Waals surface area (Å²) >= 11 is 0. The van der Waals surface area contributed by atoms with Gasteiger partial charge in [-0.25, -0.2) is 9.13 Å². The predicted octanol–water partition coefficient (Wildman–Crippen LogP) is 22.6. The molecule has 0 aromatic rings. The first-order chi connectivity index (χ1) is 46.3. The zero-order valence-electron chi connectivity index (χ0n) is 62.8. The number of ether oxygens (including phenoxy) is 4. The molecule has 0 fully saturated rings. The number of aliphatic hydroxyl groups excluding tert-OH is 1. The van der Waals surface area contributed by atoms with E-state index in [-0.39, 0.29) is 25.7 Å². The van der Waals surface area contributed by atoms with Crippen molar-refractivity contribution in [3.63, 3.8) is 0 Å². The van der Waals surface area contributed by atoms with E-state index >= 15 is 0 Å². The molecule has 3 N–H and O–H groups in total. The van der Waals surface area contributed by atoms with Gasteiger partial charge in [0.05, 0.1) is 26.4 Å². The molecule has 0 spiro atoms. The third-order valence-corrected chi connectivity index (χ3v) is 20.5. The van der Waals surface area contributed by atoms with Crippen LogP contribution in [0.1, 0.15) is 395 Å². The lowest BCUT2D eigenvalue weighted by Crippen LogP contribution is -2.30. The van der Waals surface area contributed by atoms with Crippen LogP contribution in [0.4, 0.5) is 0 Å². The second kappa shape index (κ2) is 67.5. The van der Waals surface area contributed by atoms with Gasteiger partial charge in [-0.1, -0.05) is 344 Å². The zero-order valence-corrected chi connectivity index (χ0v) is 64.6. The Kier molecular flexibility index (Phi) is 66.2. The summed E-state index contributed by atoms with van der Waals surface area (Å²) < 4.78 is 68.5. The van der Waals surface area contributed by atoms with Crippen molar-refractivity contribution in [2.24, 2.45) is 17.8 Å². The summed E-state index contributed by atoms with van der Waals surface area (Å²) in [6.07, 6.45) is 54.2. The van der Waals surface area contributed by atoms with Crippen LogP contribution in [0.5, 0.6) is 0 Å². The average molecular weight is 1410 g/mol. The Morgan fingerprint density at radius 2 is 0.531 bits per heavy atom. The highest BCUT2D eigenvalue weighted by Crippen LogP contribution is 2.45. The Morgan fingerprint density at radius 1 is 0.302 bits per heavy atom. The van der Waals surface area contributed by atoms with E-state index in [9.17, 15) is 43.2 Å². The molecule has 0 aromatic heterocycles. The molecular formula is C77H150O17P2. The Labute approximate surface area is 588 Å². The van der Waals surface area contributed by atoms with Crippen LogP contribution >= 0.6 is 15.6 Å². The maximum Gasteiger partial charge on any atom is 0.472 e. The SMILES string of the molecule is CCCCCCCCCCCCC(=O)OC[C@H](COP(=O)(O)OC[C@H](O)COP(=O)(O)OC[C@@H](COC(=O)CCCCCCCCCCCCCC(C)C)OC(=O)CCCCCCCCCCCCCCCCCCCCC(C)CC)OC(=O)CCCCCCCCC(C)CC. The number of phosphoric ester groups is 2. The summed E-state index contributed by atoms with van der Waals surface area (Å²) in [5.74, 6) is 0.242. The number of phosphoric acid groups is 2. The van der Waals surface area contributed by atoms with Gasteiger partial charge in [0.25, 0.3) is 0 Å². The summed E-state index contributed by atoms with van der Waals surface area (Å²) in [6, 6.07) is 0. The van der Waals surface area contributed by atoms with E-state index in [1.165, 1.54) is 205 Å². The molecule has 0 aromatic carbocycles. The summed E-state index contributed by atoms with van der Waals surface area (Å²) in [7, 11) is -9.91. The predicted molar refractivity (Wildman–Crippen MR) is 391 cm³/mol. The van der Waals surface area contributed by atoms with Gasteiger partial charge in [-0.15, -0.1) is 0 Å². The van der Waals surface area contributed by atoms with Crippen molar-refractivity contribution < 1.29 is 80.2 Å². The average Bonchev–Trinajstić information content (AvgIpc) is 1.52. The number of carbonyl (C=O) groups is 4. The summed E-state index contributed by atoms with van der Waals surface area (Å²) in [6.45, 7) is 11.9. The molecule has 0 rings (SSSR count). The standard InChI is InChI=1S/C77H150O17P2/c1-8-11-12-13-14-15-31-36-44-51-58-74(79)88-65-73(94-77(82)61-54-47-40-39-43-50-57-70(7)10-3)67-92-96(85,86)90-63-71(78)62-89-95(83,84)91-66-72(64-87-75(80)59-52-45-37-32-28-24-25-29-34-41-48-55-68(4)5)93-76(81)60-53-46-38-33-27-23-21-19-17-16-18-20-22-26-30-35-42-49-56-69(6)9-2/h68-73,78H,8-67H2,1-7H3,(H,83,84)(H,85,86)/t69?,70?,71-,72-,73-/m1/s1. The van der Waals surface area contributed by atoms with E-state index in [4.69, 9.17) is 37.0 Å². The van der Waals surface area contributed by atoms with Crippen LogP contribution in [0, 0.1) is 17.8 Å². The summed E-state index contributed by atoms with van der Waals surface area (Å²) in [4.78, 5) is 72.8. The van der Waals surface area contributed by atoms with Crippen molar-refractivity contribution in [1.29, 1.82) is 0 Å². The van der Waals surface area contributed by atoms with Gasteiger partial charge >= 0.3 is 39.5 Å². The molecule has 0 radical (unpaired) electrons. The molecular weight excluding hydrogens is 1260 g/mol. The molecule has 0 amide bonds. The molecule has 7 atom stereocenters. The van der Waals surface area contributed by atoms with E-state index in [0.717, 1.165) is 108 Å². The smallest absolute Gasteiger partial charge is 0.462 e. The second-order valence-electron chi connectivity index (χ2n) is 28.7. The molecule has 0 aliphatic rings. The Balaban J connectivity index is 5.19. The topological polar surface area (TPSA) is 237 Å². The fraction of sp³-hybridized carbons (Fsp3) is 0.948. The molecule has 0 aliphatic carbocycles. The Hall–Kier alpha value is -1.94. The highest BCUT2D eigenvalue weighted by molar-refractivity contribution is 7.47. The molecule has 0 bridgehead atoms. The minimum atomic E-state index is -4.96. The molecule has 17 nitrogen and oxygen atoms in total. The van der Waals surface area contributed by atoms with Crippen molar-refractivity contribution >= 4 is 39.5 Å². The molecule has 0 heterocycles. The number of carbonyl (C=O) groups excluding carboxylic acids is 4. The molecule has 0 aliphatic heterocycles. The number of unbranched alkanes of at least 4 members (excludes halogenated alkanes) is 41. The molecule has 570 valence electrons. The van der Waals surface area contributed by atoms with Crippen molar-refractivity contribution in [2.75, 3.05) is 39.6 Å². The van der Waals surface area contributed by atoms with Crippen molar-refractivity contribution in [2.45, 2.75) is 414 Å². The van der Waals surface area contributed by atoms with E-state index in [1.807, 2.05) is 0 Å². The number of hydrogen-bond donors (Lipinski definition) is 3. The lowest BCUT2D eigenvalue weighted by Gasteiger charge is -2.21. The van der Waals surface area contributed by atoms with Gasteiger partial charge in [0.1, 0.15) is 19.3 Å². The second-order valence-corrected chi connectivity index (χ2v) is 31.6. The highest BCUT2D eigenvalue weighted by Gasteiger charge is 2.30. The fourth-order valence-corrected chi connectivity index (χ4v) is 13.3. The van der Waals surface area contributed by atoms with Gasteiger partial charge in [0.15, 0.2) is 12.2 Å². The van der Waals surface area contributed by atoms with E-state index in [1.54, 1.807) is 0 Å². The number of hydrogen-bond acceptors (Lipinski definition) is 15. The summed E-state index contributed by atoms with van der Waals surface area (Å²) in [5.41, 5.74) is 0. The fourth-order valence-electron chi connectivity index (χ4n) is 11.7. The third-order valence-electron chi connectivity index (χ3n) is 18.6. The first kappa shape index (κ1) is 94.1. The number of aliphatic hydroxyl groups is 1. The first-order valence-corrected chi connectivity index (χ1v) is 42.9. The van der Waals surface area contributed by atoms with E-state index < -0.39 is 97.5 Å². The van der Waals surface area contributed by atoms with Crippen LogP contribution in [-0.2, 0) is 65.4 Å². The third kappa shape index (κ3) is 67.9. The van der Waals surface area contributed by atoms with Crippen LogP contribution in [0.2, 0.25) is 0 Å².